The van der Waals surface area contributed by atoms with Crippen LogP contribution in [0, 0.1) is 0 Å². The van der Waals surface area contributed by atoms with Gasteiger partial charge in [0.25, 0.3) is 0 Å². The van der Waals surface area contributed by atoms with Crippen molar-refractivity contribution in [2.45, 2.75) is 44.8 Å². The van der Waals surface area contributed by atoms with Gasteiger partial charge in [-0.05, 0) is 33.9 Å². The SMILES string of the molecule is CCOC(=O)CC1(NC)CC(C)(C)Oc2ccccc21. The number of nitrogens with one attached hydrogen (secondary N) is 1. The zero-order chi connectivity index (χ0) is 14.8. The standard InChI is InChI=1S/C16H23NO3/c1-5-19-14(18)10-16(17-4)11-15(2,3)20-13-9-7-6-8-12(13)16/h6-9,17H,5,10-11H2,1-4H3. The van der Waals surface area contributed by atoms with E-state index in [-0.39, 0.29) is 11.6 Å². The lowest BCUT2D eigenvalue weighted by Crippen LogP contribution is -2.52. The Balaban J connectivity index is 2.42. The Labute approximate surface area is 120 Å². The lowest BCUT2D eigenvalue weighted by molar-refractivity contribution is -0.145. The molecule has 0 saturated heterocycles. The molecule has 0 fully saturated rings. The molecule has 1 N–H and O–H groups in total. The van der Waals surface area contributed by atoms with Crippen molar-refractivity contribution in [3.63, 3.8) is 0 Å². The first kappa shape index (κ1) is 14.9. The highest BCUT2D eigenvalue weighted by atomic mass is 16.5. The Kier molecular flexibility index (Phi) is 4.04. The second-order valence-corrected chi connectivity index (χ2v) is 5.85. The van der Waals surface area contributed by atoms with Crippen molar-refractivity contribution in [3.05, 3.63) is 29.8 Å². The molecule has 0 aliphatic carbocycles. The molecule has 1 atom stereocenters. The summed E-state index contributed by atoms with van der Waals surface area (Å²) in [7, 11) is 1.89. The Morgan fingerprint density at radius 1 is 1.40 bits per heavy atom. The minimum Gasteiger partial charge on any atom is -0.487 e. The highest BCUT2D eigenvalue weighted by molar-refractivity contribution is 5.72. The number of ether oxygens (including phenoxy) is 2. The molecular formula is C16H23NO3. The number of hydrogen-bond acceptors (Lipinski definition) is 4. The highest BCUT2D eigenvalue weighted by Gasteiger charge is 2.45. The molecule has 110 valence electrons. The van der Waals surface area contributed by atoms with Gasteiger partial charge in [-0.2, -0.15) is 0 Å². The number of esters is 1. The van der Waals surface area contributed by atoms with Crippen LogP contribution in [0.2, 0.25) is 0 Å². The molecule has 0 saturated carbocycles. The van der Waals surface area contributed by atoms with Gasteiger partial charge >= 0.3 is 5.97 Å². The fraction of sp³-hybridized carbons (Fsp3) is 0.562. The second-order valence-electron chi connectivity index (χ2n) is 5.85. The maximum Gasteiger partial charge on any atom is 0.308 e. The fourth-order valence-electron chi connectivity index (χ4n) is 3.03. The van der Waals surface area contributed by atoms with Gasteiger partial charge in [0.05, 0.1) is 18.6 Å². The molecule has 0 spiro atoms. The summed E-state index contributed by atoms with van der Waals surface area (Å²) in [6.45, 7) is 6.31. The lowest BCUT2D eigenvalue weighted by Gasteiger charge is -2.45. The smallest absolute Gasteiger partial charge is 0.308 e. The van der Waals surface area contributed by atoms with Gasteiger partial charge in [0.1, 0.15) is 11.4 Å². The number of para-hydroxylation sites is 1. The van der Waals surface area contributed by atoms with Crippen molar-refractivity contribution < 1.29 is 14.3 Å². The molecule has 0 radical (unpaired) electrons. The Hall–Kier alpha value is -1.55. The van der Waals surface area contributed by atoms with Crippen molar-refractivity contribution in [2.75, 3.05) is 13.7 Å². The molecule has 0 aromatic heterocycles. The zero-order valence-corrected chi connectivity index (χ0v) is 12.7. The van der Waals surface area contributed by atoms with Crippen molar-refractivity contribution in [3.8, 4) is 5.75 Å². The summed E-state index contributed by atoms with van der Waals surface area (Å²) in [4.78, 5) is 12.0. The van der Waals surface area contributed by atoms with E-state index < -0.39 is 5.54 Å². The van der Waals surface area contributed by atoms with E-state index in [2.05, 4.69) is 5.32 Å². The number of benzene rings is 1. The largest absolute Gasteiger partial charge is 0.487 e. The molecule has 0 amide bonds. The maximum atomic E-state index is 12.0. The van der Waals surface area contributed by atoms with Gasteiger partial charge in [-0.1, -0.05) is 18.2 Å². The average molecular weight is 277 g/mol. The van der Waals surface area contributed by atoms with Gasteiger partial charge < -0.3 is 14.8 Å². The van der Waals surface area contributed by atoms with Crippen molar-refractivity contribution >= 4 is 5.97 Å². The van der Waals surface area contributed by atoms with E-state index in [1.807, 2.05) is 52.1 Å². The fourth-order valence-corrected chi connectivity index (χ4v) is 3.03. The molecular weight excluding hydrogens is 254 g/mol. The second kappa shape index (κ2) is 5.44. The van der Waals surface area contributed by atoms with Crippen LogP contribution in [-0.4, -0.2) is 25.2 Å². The van der Waals surface area contributed by atoms with Gasteiger partial charge in [0.2, 0.25) is 0 Å². The van der Waals surface area contributed by atoms with Crippen LogP contribution >= 0.6 is 0 Å². The number of hydrogen-bond donors (Lipinski definition) is 1. The number of rotatable bonds is 4. The topological polar surface area (TPSA) is 47.6 Å². The monoisotopic (exact) mass is 277 g/mol. The normalized spacial score (nSPS) is 23.6. The lowest BCUT2D eigenvalue weighted by atomic mass is 9.75. The van der Waals surface area contributed by atoms with E-state index in [9.17, 15) is 4.79 Å². The first-order valence-corrected chi connectivity index (χ1v) is 7.05. The van der Waals surface area contributed by atoms with Crippen LogP contribution in [0.15, 0.2) is 24.3 Å². The Morgan fingerprint density at radius 3 is 2.75 bits per heavy atom. The van der Waals surface area contributed by atoms with E-state index in [1.54, 1.807) is 0 Å². The van der Waals surface area contributed by atoms with Gasteiger partial charge in [-0.3, -0.25) is 4.79 Å². The van der Waals surface area contributed by atoms with Crippen LogP contribution in [0.5, 0.6) is 5.75 Å². The third kappa shape index (κ3) is 2.80. The Morgan fingerprint density at radius 2 is 2.10 bits per heavy atom. The van der Waals surface area contributed by atoms with Crippen LogP contribution in [-0.2, 0) is 15.1 Å². The molecule has 1 heterocycles. The summed E-state index contributed by atoms with van der Waals surface area (Å²) in [6, 6.07) is 7.89. The van der Waals surface area contributed by atoms with E-state index >= 15 is 0 Å². The van der Waals surface area contributed by atoms with Gasteiger partial charge in [-0.15, -0.1) is 0 Å². The molecule has 1 aromatic carbocycles. The van der Waals surface area contributed by atoms with Gasteiger partial charge in [0.15, 0.2) is 0 Å². The summed E-state index contributed by atoms with van der Waals surface area (Å²) in [5.74, 6) is 0.650. The summed E-state index contributed by atoms with van der Waals surface area (Å²) in [5.41, 5.74) is 0.254. The molecule has 4 nitrogen and oxygen atoms in total. The number of carbonyl (C=O) groups excluding carboxylic acids is 1. The predicted molar refractivity (Wildman–Crippen MR) is 77.8 cm³/mol. The number of carbonyl (C=O) groups is 1. The Bertz CT molecular complexity index is 498. The van der Waals surface area contributed by atoms with E-state index in [0.29, 0.717) is 19.4 Å². The molecule has 1 unspecified atom stereocenters. The van der Waals surface area contributed by atoms with Crippen LogP contribution in [0.25, 0.3) is 0 Å². The summed E-state index contributed by atoms with van der Waals surface area (Å²) >= 11 is 0. The van der Waals surface area contributed by atoms with Crippen molar-refractivity contribution in [1.82, 2.24) is 5.32 Å². The average Bonchev–Trinajstić information content (AvgIpc) is 2.37. The van der Waals surface area contributed by atoms with Crippen LogP contribution in [0.1, 0.15) is 39.2 Å². The first-order chi connectivity index (χ1) is 9.42. The molecule has 1 aliphatic rings. The first-order valence-electron chi connectivity index (χ1n) is 7.05. The highest BCUT2D eigenvalue weighted by Crippen LogP contribution is 2.45. The van der Waals surface area contributed by atoms with Crippen molar-refractivity contribution in [2.24, 2.45) is 0 Å². The molecule has 20 heavy (non-hydrogen) atoms. The molecule has 2 rings (SSSR count). The third-order valence-electron chi connectivity index (χ3n) is 3.75. The predicted octanol–water partition coefficient (Wildman–Crippen LogP) is 2.62. The molecule has 1 aromatic rings. The van der Waals surface area contributed by atoms with Crippen LogP contribution < -0.4 is 10.1 Å². The van der Waals surface area contributed by atoms with Crippen LogP contribution in [0.4, 0.5) is 0 Å². The minimum atomic E-state index is -0.440. The number of fused-ring (bicyclic) bond motifs is 1. The minimum absolute atomic E-state index is 0.186. The summed E-state index contributed by atoms with van der Waals surface area (Å²) in [6.07, 6.45) is 1.02. The maximum absolute atomic E-state index is 12.0. The third-order valence-corrected chi connectivity index (χ3v) is 3.75. The molecule has 1 aliphatic heterocycles. The summed E-state index contributed by atoms with van der Waals surface area (Å²) in [5, 5.41) is 3.34. The van der Waals surface area contributed by atoms with Gasteiger partial charge in [0, 0.05) is 12.0 Å². The van der Waals surface area contributed by atoms with E-state index in [1.165, 1.54) is 0 Å². The van der Waals surface area contributed by atoms with Crippen molar-refractivity contribution in [1.29, 1.82) is 0 Å². The van der Waals surface area contributed by atoms with E-state index in [0.717, 1.165) is 11.3 Å². The quantitative estimate of drug-likeness (QED) is 0.859. The summed E-state index contributed by atoms with van der Waals surface area (Å²) < 4.78 is 11.2. The van der Waals surface area contributed by atoms with Crippen LogP contribution in [0.3, 0.4) is 0 Å². The molecule has 4 heteroatoms. The van der Waals surface area contributed by atoms with Gasteiger partial charge in [-0.25, -0.2) is 0 Å². The zero-order valence-electron chi connectivity index (χ0n) is 12.7. The molecule has 0 bridgehead atoms. The van der Waals surface area contributed by atoms with E-state index in [4.69, 9.17) is 9.47 Å².